The normalized spacial score (nSPS) is 28.6. The lowest BCUT2D eigenvalue weighted by Crippen LogP contribution is -2.43. The largest absolute Gasteiger partial charge is 0.417 e. The van der Waals surface area contributed by atoms with Gasteiger partial charge in [0.05, 0.1) is 35.8 Å². The number of nitrogens with one attached hydrogen (secondary N) is 1. The third-order valence-corrected chi connectivity index (χ3v) is 6.57. The van der Waals surface area contributed by atoms with Gasteiger partial charge >= 0.3 is 12.4 Å². The first-order chi connectivity index (χ1) is 15.8. The van der Waals surface area contributed by atoms with E-state index in [1.807, 2.05) is 6.07 Å². The molecule has 13 heteroatoms. The third-order valence-electron chi connectivity index (χ3n) is 6.57. The zero-order valence-corrected chi connectivity index (χ0v) is 17.5. The lowest BCUT2D eigenvalue weighted by atomic mass is 10.0. The van der Waals surface area contributed by atoms with Gasteiger partial charge in [-0.05, 0) is 30.0 Å². The number of halogens is 7. The van der Waals surface area contributed by atoms with E-state index in [1.165, 1.54) is 0 Å². The zero-order chi connectivity index (χ0) is 25.0. The highest BCUT2D eigenvalue weighted by molar-refractivity contribution is 5.96. The SMILES string of the molecule is N#CC1CC(F)CN1C(=O)CNC1C2CN(C(=O)c3ccc(C(F)(F)F)cc3C(F)(F)F)CC21. The van der Waals surface area contributed by atoms with Crippen LogP contribution in [0.15, 0.2) is 18.2 Å². The number of rotatable bonds is 4. The fraction of sp³-hybridized carbons (Fsp3) is 0.571. The van der Waals surface area contributed by atoms with Crippen molar-refractivity contribution in [3.63, 3.8) is 0 Å². The van der Waals surface area contributed by atoms with Crippen LogP contribution in [0.1, 0.15) is 27.9 Å². The Bertz CT molecular complexity index is 1020. The lowest BCUT2D eigenvalue weighted by molar-refractivity contribution is -0.143. The van der Waals surface area contributed by atoms with Crippen LogP contribution in [0.5, 0.6) is 0 Å². The quantitative estimate of drug-likeness (QED) is 0.657. The van der Waals surface area contributed by atoms with Crippen LogP contribution >= 0.6 is 0 Å². The predicted octanol–water partition coefficient (Wildman–Crippen LogP) is 2.85. The molecule has 4 rings (SSSR count). The van der Waals surface area contributed by atoms with Crippen molar-refractivity contribution in [2.75, 3.05) is 26.2 Å². The Morgan fingerprint density at radius 3 is 2.26 bits per heavy atom. The molecule has 0 bridgehead atoms. The summed E-state index contributed by atoms with van der Waals surface area (Å²) in [5, 5.41) is 12.0. The highest BCUT2D eigenvalue weighted by Gasteiger charge is 2.57. The summed E-state index contributed by atoms with van der Waals surface area (Å²) in [6.45, 7) is -0.129. The maximum Gasteiger partial charge on any atom is 0.417 e. The van der Waals surface area contributed by atoms with E-state index in [1.54, 1.807) is 0 Å². The number of piperidine rings is 1. The smallest absolute Gasteiger partial charge is 0.338 e. The number of carbonyl (C=O) groups is 2. The van der Waals surface area contributed by atoms with Crippen LogP contribution in [0, 0.1) is 23.2 Å². The number of hydrogen-bond donors (Lipinski definition) is 1. The Morgan fingerprint density at radius 2 is 1.71 bits per heavy atom. The van der Waals surface area contributed by atoms with Gasteiger partial charge in [-0.25, -0.2) is 4.39 Å². The van der Waals surface area contributed by atoms with Crippen LogP contribution in [-0.2, 0) is 17.1 Å². The van der Waals surface area contributed by atoms with Crippen molar-refractivity contribution in [3.8, 4) is 6.07 Å². The molecule has 0 aromatic heterocycles. The number of alkyl halides is 7. The predicted molar refractivity (Wildman–Crippen MR) is 102 cm³/mol. The van der Waals surface area contributed by atoms with E-state index in [0.717, 1.165) is 9.80 Å². The van der Waals surface area contributed by atoms with Gasteiger partial charge in [0, 0.05) is 25.6 Å². The van der Waals surface area contributed by atoms with Crippen molar-refractivity contribution in [1.29, 1.82) is 5.26 Å². The standard InChI is InChI=1S/C21H19F7N4O2/c22-11-4-12(5-29)32(7-11)17(33)6-30-18-14-8-31(9-15(14)18)19(34)13-2-1-10(20(23,24)25)3-16(13)21(26,27)28/h1-3,11-12,14-15,18,30H,4,6-9H2. The molecule has 6 nitrogen and oxygen atoms in total. The highest BCUT2D eigenvalue weighted by Crippen LogP contribution is 2.46. The van der Waals surface area contributed by atoms with E-state index in [4.69, 9.17) is 5.26 Å². The molecule has 1 N–H and O–H groups in total. The summed E-state index contributed by atoms with van der Waals surface area (Å²) in [6, 6.07) is 1.81. The first kappa shape index (κ1) is 24.3. The Balaban J connectivity index is 1.36. The maximum atomic E-state index is 13.5. The first-order valence-electron chi connectivity index (χ1n) is 10.5. The highest BCUT2D eigenvalue weighted by atomic mass is 19.4. The van der Waals surface area contributed by atoms with Gasteiger partial charge in [0.1, 0.15) is 12.2 Å². The number of benzene rings is 1. The molecule has 1 aromatic rings. The van der Waals surface area contributed by atoms with Crippen molar-refractivity contribution in [1.82, 2.24) is 15.1 Å². The molecule has 2 amide bonds. The summed E-state index contributed by atoms with van der Waals surface area (Å²) in [4.78, 5) is 27.3. The number of likely N-dealkylation sites (tertiary alicyclic amines) is 2. The van der Waals surface area contributed by atoms with E-state index in [-0.39, 0.29) is 56.5 Å². The van der Waals surface area contributed by atoms with Crippen LogP contribution in [0.4, 0.5) is 30.7 Å². The summed E-state index contributed by atoms with van der Waals surface area (Å²) in [7, 11) is 0. The summed E-state index contributed by atoms with van der Waals surface area (Å²) in [5.41, 5.74) is -3.99. The molecule has 0 spiro atoms. The molecular formula is C21H19F7N4O2. The molecule has 3 fully saturated rings. The van der Waals surface area contributed by atoms with Gasteiger partial charge < -0.3 is 15.1 Å². The number of fused-ring (bicyclic) bond motifs is 1. The second kappa shape index (κ2) is 8.41. The van der Waals surface area contributed by atoms with Crippen molar-refractivity contribution in [3.05, 3.63) is 34.9 Å². The summed E-state index contributed by atoms with van der Waals surface area (Å²) >= 11 is 0. The number of nitriles is 1. The van der Waals surface area contributed by atoms with Gasteiger partial charge in [-0.1, -0.05) is 0 Å². The van der Waals surface area contributed by atoms with E-state index in [0.29, 0.717) is 12.1 Å². The Morgan fingerprint density at radius 1 is 1.06 bits per heavy atom. The summed E-state index contributed by atoms with van der Waals surface area (Å²) in [6.07, 6.45) is -11.4. The van der Waals surface area contributed by atoms with Crippen LogP contribution in [-0.4, -0.2) is 66.0 Å². The van der Waals surface area contributed by atoms with E-state index in [9.17, 15) is 40.3 Å². The van der Waals surface area contributed by atoms with Gasteiger partial charge in [-0.3, -0.25) is 9.59 Å². The molecule has 2 heterocycles. The zero-order valence-electron chi connectivity index (χ0n) is 17.5. The second-order valence-corrected chi connectivity index (χ2v) is 8.72. The molecule has 1 aromatic carbocycles. The first-order valence-corrected chi connectivity index (χ1v) is 10.5. The van der Waals surface area contributed by atoms with E-state index in [2.05, 4.69) is 5.32 Å². The van der Waals surface area contributed by atoms with Crippen molar-refractivity contribution < 1.29 is 40.3 Å². The molecular weight excluding hydrogens is 473 g/mol. The minimum absolute atomic E-state index is 0.0438. The summed E-state index contributed by atoms with van der Waals surface area (Å²) < 4.78 is 92.1. The van der Waals surface area contributed by atoms with E-state index < -0.39 is 53.1 Å². The molecule has 1 aliphatic carbocycles. The molecule has 4 atom stereocenters. The average molecular weight is 492 g/mol. The Labute approximate surface area is 189 Å². The molecule has 1 saturated carbocycles. The van der Waals surface area contributed by atoms with Crippen LogP contribution < -0.4 is 5.32 Å². The van der Waals surface area contributed by atoms with Crippen LogP contribution in [0.3, 0.4) is 0 Å². The monoisotopic (exact) mass is 492 g/mol. The van der Waals surface area contributed by atoms with Gasteiger partial charge in [0.25, 0.3) is 5.91 Å². The Kier molecular flexibility index (Phi) is 6.00. The minimum Gasteiger partial charge on any atom is -0.338 e. The van der Waals surface area contributed by atoms with Gasteiger partial charge in [0.2, 0.25) is 5.91 Å². The lowest BCUT2D eigenvalue weighted by Gasteiger charge is -2.23. The molecule has 3 aliphatic rings. The van der Waals surface area contributed by atoms with E-state index >= 15 is 0 Å². The molecule has 2 saturated heterocycles. The van der Waals surface area contributed by atoms with Crippen molar-refractivity contribution in [2.24, 2.45) is 11.8 Å². The van der Waals surface area contributed by atoms with Crippen molar-refractivity contribution >= 4 is 11.8 Å². The summed E-state index contributed by atoms with van der Waals surface area (Å²) in [5.74, 6) is -1.70. The third kappa shape index (κ3) is 4.55. The van der Waals surface area contributed by atoms with Gasteiger partial charge in [0.15, 0.2) is 0 Å². The Hall–Kier alpha value is -2.88. The average Bonchev–Trinajstić information content (AvgIpc) is 3.07. The number of nitrogens with zero attached hydrogens (tertiary/aromatic N) is 3. The second-order valence-electron chi connectivity index (χ2n) is 8.72. The minimum atomic E-state index is -5.14. The molecule has 184 valence electrons. The number of hydrogen-bond acceptors (Lipinski definition) is 4. The topological polar surface area (TPSA) is 76.4 Å². The fourth-order valence-electron chi connectivity index (χ4n) is 4.80. The molecule has 4 unspecified atom stereocenters. The number of amides is 2. The van der Waals surface area contributed by atoms with Gasteiger partial charge in [-0.15, -0.1) is 0 Å². The maximum absolute atomic E-state index is 13.5. The molecule has 0 radical (unpaired) electrons. The molecule has 34 heavy (non-hydrogen) atoms. The van der Waals surface area contributed by atoms with Crippen LogP contribution in [0.25, 0.3) is 0 Å². The van der Waals surface area contributed by atoms with Crippen LogP contribution in [0.2, 0.25) is 0 Å². The van der Waals surface area contributed by atoms with Crippen molar-refractivity contribution in [2.45, 2.75) is 37.0 Å². The number of carbonyl (C=O) groups excluding carboxylic acids is 2. The fourth-order valence-corrected chi connectivity index (χ4v) is 4.80. The molecule has 2 aliphatic heterocycles. The van der Waals surface area contributed by atoms with Gasteiger partial charge in [-0.2, -0.15) is 31.6 Å².